The molecule has 4 rings (SSSR count). The van der Waals surface area contributed by atoms with Gasteiger partial charge in [-0.1, -0.05) is 60.3 Å². The molecule has 12 heteroatoms. The normalized spacial score (nSPS) is 26.2. The molecule has 1 heterocycles. The van der Waals surface area contributed by atoms with Crippen molar-refractivity contribution in [1.29, 1.82) is 0 Å². The summed E-state index contributed by atoms with van der Waals surface area (Å²) in [6, 6.07) is -4.42. The Kier molecular flexibility index (Phi) is 9.67. The Labute approximate surface area is 266 Å². The maximum atomic E-state index is 14.4. The number of hydrogen-bond donors (Lipinski definition) is 4. The molecule has 4 aliphatic rings. The minimum atomic E-state index is -1.10. The van der Waals surface area contributed by atoms with Crippen LogP contribution in [0, 0.1) is 34.5 Å². The maximum absolute atomic E-state index is 14.4. The third-order valence-electron chi connectivity index (χ3n) is 10.1. The second kappa shape index (κ2) is 12.5. The Balaban J connectivity index is 1.54. The molecule has 0 radical (unpaired) electrons. The number of carbonyl (C=O) groups is 6. The highest BCUT2D eigenvalue weighted by atomic mass is 16.6. The number of hydrogen-bond acceptors (Lipinski definition) is 7. The number of ketones is 1. The molecular weight excluding hydrogens is 578 g/mol. The van der Waals surface area contributed by atoms with Crippen molar-refractivity contribution in [3.05, 3.63) is 0 Å². The summed E-state index contributed by atoms with van der Waals surface area (Å²) in [5.41, 5.74) is 3.70. The lowest BCUT2D eigenvalue weighted by atomic mass is 9.86. The number of rotatable bonds is 11. The SMILES string of the molecule is CC(C)(C)OC(=O)[C@@H](NC(=O)N[C@H](C(=O)N1C[C@H]2[C@@H]([C@H]1C(=O)NC(CC1CC1)C(=O)C(N)=O)C2(C)C)C1CCCC1)C(C)(C)C. The van der Waals surface area contributed by atoms with Gasteiger partial charge < -0.3 is 31.3 Å². The van der Waals surface area contributed by atoms with Crippen molar-refractivity contribution in [2.45, 2.75) is 130 Å². The van der Waals surface area contributed by atoms with Crippen LogP contribution in [-0.2, 0) is 28.7 Å². The molecule has 1 unspecified atom stereocenters. The first-order valence-electron chi connectivity index (χ1n) is 16.5. The van der Waals surface area contributed by atoms with E-state index >= 15 is 0 Å². The predicted octanol–water partition coefficient (Wildman–Crippen LogP) is 2.42. The standard InChI is InChI=1S/C33H53N5O7/c1-31(2,3)25(29(43)45-32(4,5)6)37-30(44)36-22(18-11-9-10-12-18)28(42)38-16-19-21(33(19,7)8)23(38)27(41)35-20(15-17-13-14-17)24(39)26(34)40/h17-23,25H,9-16H2,1-8H3,(H2,34,40)(H,35,41)(H2,36,37,44)/t19-,20?,21-,22-,23-,25+/m0/s1. The molecule has 0 aromatic rings. The lowest BCUT2D eigenvalue weighted by Crippen LogP contribution is -2.61. The monoisotopic (exact) mass is 631 g/mol. The zero-order valence-electron chi connectivity index (χ0n) is 28.2. The maximum Gasteiger partial charge on any atom is 0.329 e. The number of likely N-dealkylation sites (tertiary alicyclic amines) is 1. The second-order valence-corrected chi connectivity index (χ2v) is 16.3. The molecule has 3 saturated carbocycles. The number of nitrogens with two attached hydrogens (primary N) is 1. The van der Waals surface area contributed by atoms with E-state index in [2.05, 4.69) is 29.8 Å². The molecule has 0 bridgehead atoms. The lowest BCUT2D eigenvalue weighted by molar-refractivity contribution is -0.160. The van der Waals surface area contributed by atoms with Crippen LogP contribution in [-0.4, -0.2) is 76.7 Å². The van der Waals surface area contributed by atoms with Gasteiger partial charge in [0, 0.05) is 6.54 Å². The predicted molar refractivity (Wildman–Crippen MR) is 166 cm³/mol. The molecule has 1 aliphatic heterocycles. The van der Waals surface area contributed by atoms with Crippen molar-refractivity contribution in [2.75, 3.05) is 6.54 Å². The average Bonchev–Trinajstić information content (AvgIpc) is 3.61. The molecule has 0 aromatic carbocycles. The van der Waals surface area contributed by atoms with Crippen molar-refractivity contribution in [3.8, 4) is 0 Å². The number of esters is 1. The van der Waals surface area contributed by atoms with Crippen LogP contribution >= 0.6 is 0 Å². The van der Waals surface area contributed by atoms with Crippen LogP contribution in [0.2, 0.25) is 0 Å². The number of carbonyl (C=O) groups excluding carboxylic acids is 6. The van der Waals surface area contributed by atoms with Gasteiger partial charge >= 0.3 is 12.0 Å². The van der Waals surface area contributed by atoms with Gasteiger partial charge in [0.25, 0.3) is 5.91 Å². The van der Waals surface area contributed by atoms with Crippen LogP contribution in [0.4, 0.5) is 4.79 Å². The van der Waals surface area contributed by atoms with Crippen molar-refractivity contribution < 1.29 is 33.5 Å². The fraction of sp³-hybridized carbons (Fsp3) is 0.818. The third-order valence-corrected chi connectivity index (χ3v) is 10.1. The van der Waals surface area contributed by atoms with E-state index in [0.717, 1.165) is 38.5 Å². The van der Waals surface area contributed by atoms with Crippen molar-refractivity contribution in [2.24, 2.45) is 40.2 Å². The van der Waals surface area contributed by atoms with Gasteiger partial charge in [-0.05, 0) is 74.5 Å². The number of amides is 5. The van der Waals surface area contributed by atoms with Crippen molar-refractivity contribution in [3.63, 3.8) is 0 Å². The highest BCUT2D eigenvalue weighted by Gasteiger charge is 2.69. The number of Topliss-reactive ketones (excluding diaryl/α,β-unsaturated/α-hetero) is 1. The molecule has 0 spiro atoms. The van der Waals surface area contributed by atoms with Gasteiger partial charge in [0.05, 0.1) is 6.04 Å². The highest BCUT2D eigenvalue weighted by Crippen LogP contribution is 2.65. The molecule has 1 saturated heterocycles. The molecular formula is C33H53N5O7. The van der Waals surface area contributed by atoms with Gasteiger partial charge in [0.15, 0.2) is 0 Å². The van der Waals surface area contributed by atoms with Gasteiger partial charge in [0.2, 0.25) is 17.6 Å². The molecule has 12 nitrogen and oxygen atoms in total. The Bertz CT molecular complexity index is 1210. The van der Waals surface area contributed by atoms with E-state index in [1.165, 1.54) is 0 Å². The largest absolute Gasteiger partial charge is 0.458 e. The van der Waals surface area contributed by atoms with Crippen molar-refractivity contribution in [1.82, 2.24) is 20.9 Å². The summed E-state index contributed by atoms with van der Waals surface area (Å²) in [5.74, 6) is -3.26. The van der Waals surface area contributed by atoms with E-state index < -0.39 is 64.8 Å². The lowest BCUT2D eigenvalue weighted by Gasteiger charge is -2.36. The number of urea groups is 1. The zero-order chi connectivity index (χ0) is 33.6. The van der Waals surface area contributed by atoms with Crippen molar-refractivity contribution >= 4 is 35.5 Å². The van der Waals surface area contributed by atoms with Crippen LogP contribution in [0.25, 0.3) is 0 Å². The quantitative estimate of drug-likeness (QED) is 0.200. The van der Waals surface area contributed by atoms with E-state index in [1.54, 1.807) is 25.7 Å². The van der Waals surface area contributed by atoms with Crippen LogP contribution in [0.15, 0.2) is 0 Å². The topological polar surface area (TPSA) is 177 Å². The summed E-state index contributed by atoms with van der Waals surface area (Å²) in [6.45, 7) is 15.2. The first-order chi connectivity index (χ1) is 20.7. The first-order valence-corrected chi connectivity index (χ1v) is 16.5. The van der Waals surface area contributed by atoms with E-state index in [-0.39, 0.29) is 35.0 Å². The molecule has 6 atom stereocenters. The van der Waals surface area contributed by atoms with Gasteiger partial charge in [-0.25, -0.2) is 9.59 Å². The molecule has 3 aliphatic carbocycles. The number of ether oxygens (including phenoxy) is 1. The minimum absolute atomic E-state index is 0.0846. The van der Waals surface area contributed by atoms with Gasteiger partial charge in [0.1, 0.15) is 23.7 Å². The van der Waals surface area contributed by atoms with Gasteiger partial charge in [-0.15, -0.1) is 0 Å². The molecule has 0 aromatic heterocycles. The minimum Gasteiger partial charge on any atom is -0.458 e. The Morgan fingerprint density at radius 3 is 2.02 bits per heavy atom. The van der Waals surface area contributed by atoms with Crippen LogP contribution < -0.4 is 21.7 Å². The second-order valence-electron chi connectivity index (χ2n) is 16.3. The smallest absolute Gasteiger partial charge is 0.329 e. The summed E-state index contributed by atoms with van der Waals surface area (Å²) in [4.78, 5) is 80.7. The Morgan fingerprint density at radius 1 is 0.911 bits per heavy atom. The van der Waals surface area contributed by atoms with E-state index in [1.807, 2.05) is 20.8 Å². The molecule has 4 fully saturated rings. The van der Waals surface area contributed by atoms with E-state index in [9.17, 15) is 28.8 Å². The number of primary amides is 1. The average molecular weight is 632 g/mol. The fourth-order valence-corrected chi connectivity index (χ4v) is 7.31. The zero-order valence-corrected chi connectivity index (χ0v) is 28.2. The van der Waals surface area contributed by atoms with Gasteiger partial charge in [-0.2, -0.15) is 0 Å². The number of nitrogens with one attached hydrogen (secondary N) is 3. The Morgan fingerprint density at radius 2 is 1.51 bits per heavy atom. The molecule has 5 amide bonds. The van der Waals surface area contributed by atoms with Crippen LogP contribution in [0.3, 0.4) is 0 Å². The Hall–Kier alpha value is -3.18. The van der Waals surface area contributed by atoms with Crippen LogP contribution in [0.1, 0.15) is 100 Å². The summed E-state index contributed by atoms with van der Waals surface area (Å²) in [5, 5.41) is 8.42. The molecule has 252 valence electrons. The summed E-state index contributed by atoms with van der Waals surface area (Å²) < 4.78 is 5.57. The third kappa shape index (κ3) is 7.98. The van der Waals surface area contributed by atoms with Gasteiger partial charge in [-0.3, -0.25) is 19.2 Å². The fourth-order valence-electron chi connectivity index (χ4n) is 7.31. The molecule has 5 N–H and O–H groups in total. The first kappa shape index (κ1) is 34.7. The summed E-state index contributed by atoms with van der Waals surface area (Å²) >= 11 is 0. The van der Waals surface area contributed by atoms with Crippen LogP contribution in [0.5, 0.6) is 0 Å². The summed E-state index contributed by atoms with van der Waals surface area (Å²) in [6.07, 6.45) is 5.50. The highest BCUT2D eigenvalue weighted by molar-refractivity contribution is 6.37. The number of piperidine rings is 1. The molecule has 45 heavy (non-hydrogen) atoms. The number of fused-ring (bicyclic) bond motifs is 1. The number of nitrogens with zero attached hydrogens (tertiary/aromatic N) is 1. The van der Waals surface area contributed by atoms with E-state index in [4.69, 9.17) is 10.5 Å². The van der Waals surface area contributed by atoms with E-state index in [0.29, 0.717) is 13.0 Å². The summed E-state index contributed by atoms with van der Waals surface area (Å²) in [7, 11) is 0.